The average Bonchev–Trinajstić information content (AvgIpc) is 2.19. The second-order valence-electron chi connectivity index (χ2n) is 4.03. The molecule has 0 saturated carbocycles. The summed E-state index contributed by atoms with van der Waals surface area (Å²) >= 11 is 0. The molecule has 0 amide bonds. The van der Waals surface area contributed by atoms with Crippen molar-refractivity contribution in [3.05, 3.63) is 35.9 Å². The van der Waals surface area contributed by atoms with Crippen molar-refractivity contribution in [1.82, 2.24) is 0 Å². The minimum absolute atomic E-state index is 0.148. The summed E-state index contributed by atoms with van der Waals surface area (Å²) in [5, 5.41) is 0. The van der Waals surface area contributed by atoms with Crippen molar-refractivity contribution in [3.8, 4) is 0 Å². The standard InChI is InChI=1S/C13H21P/c1-4-5-11-13(14(2)3)12-9-7-6-8-10-12/h6-10,13H,4-5,11H2,1-3H3. The second kappa shape index (κ2) is 6.19. The maximum atomic E-state index is 2.39. The molecule has 1 unspecified atom stereocenters. The SMILES string of the molecule is CCCCC(c1ccccc1)P(C)C. The molecule has 0 spiro atoms. The van der Waals surface area contributed by atoms with E-state index in [1.807, 2.05) is 0 Å². The molecule has 0 aliphatic rings. The Morgan fingerprint density at radius 3 is 2.29 bits per heavy atom. The number of hydrogen-bond acceptors (Lipinski definition) is 0. The predicted octanol–water partition coefficient (Wildman–Crippen LogP) is 4.66. The summed E-state index contributed by atoms with van der Waals surface area (Å²) < 4.78 is 0. The summed E-state index contributed by atoms with van der Waals surface area (Å²) in [6.45, 7) is 7.06. The van der Waals surface area contributed by atoms with Gasteiger partial charge in [-0.05, 0) is 25.3 Å². The van der Waals surface area contributed by atoms with Gasteiger partial charge >= 0.3 is 0 Å². The number of rotatable bonds is 5. The summed E-state index contributed by atoms with van der Waals surface area (Å²) in [6, 6.07) is 11.0. The van der Waals surface area contributed by atoms with Crippen molar-refractivity contribution < 1.29 is 0 Å². The summed E-state index contributed by atoms with van der Waals surface area (Å²) in [6.07, 6.45) is 4.03. The average molecular weight is 208 g/mol. The first-order valence-electron chi connectivity index (χ1n) is 5.47. The molecular formula is C13H21P. The highest BCUT2D eigenvalue weighted by atomic mass is 31.1. The minimum Gasteiger partial charge on any atom is -0.105 e. The van der Waals surface area contributed by atoms with E-state index >= 15 is 0 Å². The maximum Gasteiger partial charge on any atom is 0.00368 e. The first-order chi connectivity index (χ1) is 6.75. The fourth-order valence-corrected chi connectivity index (χ4v) is 3.26. The third-order valence-corrected chi connectivity index (χ3v) is 4.44. The quantitative estimate of drug-likeness (QED) is 0.617. The molecule has 0 aliphatic carbocycles. The van der Waals surface area contributed by atoms with Crippen molar-refractivity contribution in [2.75, 3.05) is 13.3 Å². The van der Waals surface area contributed by atoms with E-state index in [9.17, 15) is 0 Å². The van der Waals surface area contributed by atoms with E-state index in [0.717, 1.165) is 5.66 Å². The predicted molar refractivity (Wildman–Crippen MR) is 67.5 cm³/mol. The van der Waals surface area contributed by atoms with E-state index in [-0.39, 0.29) is 7.92 Å². The van der Waals surface area contributed by atoms with Crippen molar-refractivity contribution >= 4 is 7.92 Å². The van der Waals surface area contributed by atoms with Crippen LogP contribution >= 0.6 is 7.92 Å². The van der Waals surface area contributed by atoms with Gasteiger partial charge in [-0.1, -0.05) is 50.1 Å². The molecule has 14 heavy (non-hydrogen) atoms. The van der Waals surface area contributed by atoms with Gasteiger partial charge in [0.2, 0.25) is 0 Å². The van der Waals surface area contributed by atoms with Crippen LogP contribution in [-0.2, 0) is 0 Å². The Labute approximate surface area is 89.5 Å². The molecule has 1 atom stereocenters. The van der Waals surface area contributed by atoms with Gasteiger partial charge in [-0.15, -0.1) is 7.92 Å². The van der Waals surface area contributed by atoms with E-state index in [1.165, 1.54) is 24.8 Å². The molecule has 0 nitrogen and oxygen atoms in total. The Morgan fingerprint density at radius 2 is 1.79 bits per heavy atom. The Bertz CT molecular complexity index is 241. The first-order valence-corrected chi connectivity index (χ1v) is 7.77. The van der Waals surface area contributed by atoms with Crippen LogP contribution in [0.1, 0.15) is 37.4 Å². The Morgan fingerprint density at radius 1 is 1.14 bits per heavy atom. The van der Waals surface area contributed by atoms with Crippen LogP contribution in [0.25, 0.3) is 0 Å². The van der Waals surface area contributed by atoms with Gasteiger partial charge in [0.15, 0.2) is 0 Å². The van der Waals surface area contributed by atoms with E-state index in [1.54, 1.807) is 0 Å². The number of benzene rings is 1. The van der Waals surface area contributed by atoms with Gasteiger partial charge in [0.05, 0.1) is 0 Å². The van der Waals surface area contributed by atoms with Crippen molar-refractivity contribution in [3.63, 3.8) is 0 Å². The number of hydrogen-bond donors (Lipinski definition) is 0. The maximum absolute atomic E-state index is 2.39. The van der Waals surface area contributed by atoms with Gasteiger partial charge in [0, 0.05) is 5.66 Å². The lowest BCUT2D eigenvalue weighted by Gasteiger charge is -2.21. The zero-order chi connectivity index (χ0) is 10.4. The smallest absolute Gasteiger partial charge is 0.00368 e. The first kappa shape index (κ1) is 11.7. The van der Waals surface area contributed by atoms with Gasteiger partial charge < -0.3 is 0 Å². The van der Waals surface area contributed by atoms with E-state index in [4.69, 9.17) is 0 Å². The van der Waals surface area contributed by atoms with Gasteiger partial charge in [-0.25, -0.2) is 0 Å². The molecule has 0 saturated heterocycles. The fourth-order valence-electron chi connectivity index (χ4n) is 1.80. The van der Waals surface area contributed by atoms with Crippen LogP contribution in [0.3, 0.4) is 0 Å². The topological polar surface area (TPSA) is 0 Å². The largest absolute Gasteiger partial charge is 0.105 e. The molecule has 0 aromatic heterocycles. The molecule has 0 bridgehead atoms. The van der Waals surface area contributed by atoms with Crippen LogP contribution in [0.5, 0.6) is 0 Å². The van der Waals surface area contributed by atoms with Crippen LogP contribution in [0.15, 0.2) is 30.3 Å². The van der Waals surface area contributed by atoms with Crippen molar-refractivity contribution in [2.45, 2.75) is 31.8 Å². The Hall–Kier alpha value is -0.350. The Kier molecular flexibility index (Phi) is 5.19. The van der Waals surface area contributed by atoms with Crippen molar-refractivity contribution in [2.24, 2.45) is 0 Å². The molecule has 0 heterocycles. The summed E-state index contributed by atoms with van der Waals surface area (Å²) in [5.41, 5.74) is 2.35. The summed E-state index contributed by atoms with van der Waals surface area (Å²) in [4.78, 5) is 0. The van der Waals surface area contributed by atoms with Crippen LogP contribution in [0, 0.1) is 0 Å². The molecule has 0 N–H and O–H groups in total. The second-order valence-corrected chi connectivity index (χ2v) is 6.58. The lowest BCUT2D eigenvalue weighted by molar-refractivity contribution is 0.701. The molecule has 0 radical (unpaired) electrons. The van der Waals surface area contributed by atoms with E-state index < -0.39 is 0 Å². The van der Waals surface area contributed by atoms with Crippen LogP contribution in [-0.4, -0.2) is 13.3 Å². The molecule has 1 heteroatoms. The minimum atomic E-state index is 0.148. The molecule has 78 valence electrons. The monoisotopic (exact) mass is 208 g/mol. The molecule has 1 aromatic carbocycles. The fraction of sp³-hybridized carbons (Fsp3) is 0.538. The van der Waals surface area contributed by atoms with E-state index in [0.29, 0.717) is 0 Å². The Balaban J connectivity index is 2.68. The zero-order valence-electron chi connectivity index (χ0n) is 9.53. The normalized spacial score (nSPS) is 13.1. The van der Waals surface area contributed by atoms with Gasteiger partial charge in [0.1, 0.15) is 0 Å². The van der Waals surface area contributed by atoms with Crippen LogP contribution in [0.4, 0.5) is 0 Å². The lowest BCUT2D eigenvalue weighted by atomic mass is 10.1. The van der Waals surface area contributed by atoms with Gasteiger partial charge in [-0.2, -0.15) is 0 Å². The third-order valence-electron chi connectivity index (χ3n) is 2.64. The lowest BCUT2D eigenvalue weighted by Crippen LogP contribution is -1.95. The zero-order valence-corrected chi connectivity index (χ0v) is 10.4. The molecule has 0 aliphatic heterocycles. The van der Waals surface area contributed by atoms with Crippen LogP contribution < -0.4 is 0 Å². The van der Waals surface area contributed by atoms with Crippen LogP contribution in [0.2, 0.25) is 0 Å². The van der Waals surface area contributed by atoms with Gasteiger partial charge in [0.25, 0.3) is 0 Å². The van der Waals surface area contributed by atoms with Gasteiger partial charge in [-0.3, -0.25) is 0 Å². The third kappa shape index (κ3) is 3.42. The van der Waals surface area contributed by atoms with Crippen molar-refractivity contribution in [1.29, 1.82) is 0 Å². The molecule has 1 aromatic rings. The highest BCUT2D eigenvalue weighted by molar-refractivity contribution is 7.56. The highest BCUT2D eigenvalue weighted by Gasteiger charge is 2.13. The molecule has 1 rings (SSSR count). The molecule has 0 fully saturated rings. The van der Waals surface area contributed by atoms with E-state index in [2.05, 4.69) is 50.6 Å². The number of unbranched alkanes of at least 4 members (excludes halogenated alkanes) is 1. The highest BCUT2D eigenvalue weighted by Crippen LogP contribution is 2.47. The summed E-state index contributed by atoms with van der Waals surface area (Å²) in [5.74, 6) is 0. The summed E-state index contributed by atoms with van der Waals surface area (Å²) in [7, 11) is 0.148. The molecular weight excluding hydrogens is 187 g/mol.